The Hall–Kier alpha value is -2.83. The lowest BCUT2D eigenvalue weighted by atomic mass is 10.3. The number of likely N-dealkylation sites (N-methyl/N-ethyl adjacent to an activating group) is 1. The number of para-hydroxylation sites is 1. The van der Waals surface area contributed by atoms with E-state index in [4.69, 9.17) is 5.73 Å². The van der Waals surface area contributed by atoms with Gasteiger partial charge in [-0.05, 0) is 12.1 Å². The summed E-state index contributed by atoms with van der Waals surface area (Å²) in [5.41, 5.74) is 7.84. The van der Waals surface area contributed by atoms with Crippen molar-refractivity contribution in [3.63, 3.8) is 0 Å². The molecule has 0 saturated carbocycles. The predicted octanol–water partition coefficient (Wildman–Crippen LogP) is 1.49. The normalized spacial score (nSPS) is 10.8. The first-order valence-corrected chi connectivity index (χ1v) is 7.10. The van der Waals surface area contributed by atoms with E-state index in [2.05, 4.69) is 44.5 Å². The third-order valence-electron chi connectivity index (χ3n) is 3.55. The highest BCUT2D eigenvalue weighted by atomic mass is 15.3. The molecule has 0 fully saturated rings. The molecule has 0 aliphatic rings. The Morgan fingerprint density at radius 3 is 2.77 bits per heavy atom. The van der Waals surface area contributed by atoms with E-state index in [0.717, 1.165) is 17.6 Å². The first-order valence-electron chi connectivity index (χ1n) is 7.10. The van der Waals surface area contributed by atoms with Crippen molar-refractivity contribution in [2.45, 2.75) is 0 Å². The average molecular weight is 297 g/mol. The quantitative estimate of drug-likeness (QED) is 0.742. The summed E-state index contributed by atoms with van der Waals surface area (Å²) in [5, 5.41) is 8.13. The second-order valence-electron chi connectivity index (χ2n) is 5.12. The number of benzene rings is 1. The van der Waals surface area contributed by atoms with Gasteiger partial charge in [0.1, 0.15) is 5.82 Å². The van der Waals surface area contributed by atoms with Crippen LogP contribution in [0.15, 0.2) is 36.5 Å². The Morgan fingerprint density at radius 2 is 2.00 bits per heavy atom. The summed E-state index contributed by atoms with van der Waals surface area (Å²) >= 11 is 0. The number of nitrogens with one attached hydrogen (secondary N) is 1. The van der Waals surface area contributed by atoms with Gasteiger partial charge >= 0.3 is 0 Å². The van der Waals surface area contributed by atoms with Gasteiger partial charge in [0.15, 0.2) is 5.65 Å². The number of rotatable bonds is 5. The fraction of sp³-hybridized carbons (Fsp3) is 0.267. The van der Waals surface area contributed by atoms with E-state index in [1.165, 1.54) is 5.69 Å². The molecular formula is C15H19N7. The van der Waals surface area contributed by atoms with Gasteiger partial charge in [-0.2, -0.15) is 15.1 Å². The molecule has 3 rings (SSSR count). The monoisotopic (exact) mass is 297 g/mol. The molecule has 0 bridgehead atoms. The van der Waals surface area contributed by atoms with Crippen LogP contribution in [0.2, 0.25) is 0 Å². The summed E-state index contributed by atoms with van der Waals surface area (Å²) < 4.78 is 1.69. The number of nitrogen functional groups attached to an aromatic ring is 1. The van der Waals surface area contributed by atoms with Crippen molar-refractivity contribution in [2.24, 2.45) is 7.05 Å². The van der Waals surface area contributed by atoms with Gasteiger partial charge in [0.05, 0.1) is 11.6 Å². The fourth-order valence-electron chi connectivity index (χ4n) is 2.27. The van der Waals surface area contributed by atoms with Gasteiger partial charge in [-0.15, -0.1) is 0 Å². The molecule has 3 N–H and O–H groups in total. The third kappa shape index (κ3) is 2.78. The maximum Gasteiger partial charge on any atom is 0.226 e. The molecule has 0 saturated heterocycles. The number of nitrogens with two attached hydrogens (primary N) is 1. The lowest BCUT2D eigenvalue weighted by Crippen LogP contribution is -2.25. The fourth-order valence-corrected chi connectivity index (χ4v) is 2.27. The van der Waals surface area contributed by atoms with Crippen LogP contribution in [-0.2, 0) is 7.05 Å². The van der Waals surface area contributed by atoms with Crippen molar-refractivity contribution >= 4 is 28.5 Å². The largest absolute Gasteiger partial charge is 0.383 e. The van der Waals surface area contributed by atoms with Gasteiger partial charge in [0.2, 0.25) is 5.95 Å². The number of aryl methyl sites for hydroxylation is 1. The van der Waals surface area contributed by atoms with Gasteiger partial charge in [0.25, 0.3) is 0 Å². The van der Waals surface area contributed by atoms with E-state index in [9.17, 15) is 0 Å². The summed E-state index contributed by atoms with van der Waals surface area (Å²) in [7, 11) is 3.89. The number of fused-ring (bicyclic) bond motifs is 1. The molecular weight excluding hydrogens is 278 g/mol. The molecule has 2 aromatic heterocycles. The number of nitrogens with zero attached hydrogens (tertiary/aromatic N) is 5. The number of anilines is 3. The van der Waals surface area contributed by atoms with Crippen molar-refractivity contribution in [1.29, 1.82) is 0 Å². The van der Waals surface area contributed by atoms with Crippen LogP contribution in [0.5, 0.6) is 0 Å². The third-order valence-corrected chi connectivity index (χ3v) is 3.55. The molecule has 0 radical (unpaired) electrons. The van der Waals surface area contributed by atoms with Crippen LogP contribution in [-0.4, -0.2) is 39.9 Å². The molecule has 0 spiro atoms. The molecule has 7 nitrogen and oxygen atoms in total. The topological polar surface area (TPSA) is 84.9 Å². The van der Waals surface area contributed by atoms with Crippen molar-refractivity contribution < 1.29 is 0 Å². The van der Waals surface area contributed by atoms with Crippen LogP contribution in [0.3, 0.4) is 0 Å². The zero-order chi connectivity index (χ0) is 15.5. The summed E-state index contributed by atoms with van der Waals surface area (Å²) in [6.45, 7) is 1.55. The van der Waals surface area contributed by atoms with Crippen LogP contribution < -0.4 is 16.0 Å². The van der Waals surface area contributed by atoms with Gasteiger partial charge in [-0.1, -0.05) is 18.2 Å². The van der Waals surface area contributed by atoms with E-state index >= 15 is 0 Å². The molecule has 0 unspecified atom stereocenters. The van der Waals surface area contributed by atoms with E-state index < -0.39 is 0 Å². The van der Waals surface area contributed by atoms with Crippen LogP contribution in [0, 0.1) is 0 Å². The molecule has 114 valence electrons. The first kappa shape index (κ1) is 14.1. The van der Waals surface area contributed by atoms with Crippen LogP contribution >= 0.6 is 0 Å². The molecule has 2 heterocycles. The Balaban J connectivity index is 1.65. The minimum absolute atomic E-state index is 0.442. The Morgan fingerprint density at radius 1 is 1.23 bits per heavy atom. The smallest absolute Gasteiger partial charge is 0.226 e. The van der Waals surface area contributed by atoms with E-state index in [0.29, 0.717) is 18.3 Å². The molecule has 0 atom stereocenters. The molecule has 7 heteroatoms. The van der Waals surface area contributed by atoms with Crippen molar-refractivity contribution in [2.75, 3.05) is 36.1 Å². The number of aromatic nitrogens is 4. The highest BCUT2D eigenvalue weighted by molar-refractivity contribution is 5.86. The van der Waals surface area contributed by atoms with E-state index in [1.807, 2.05) is 25.2 Å². The zero-order valence-electron chi connectivity index (χ0n) is 12.7. The molecule has 3 aromatic rings. The van der Waals surface area contributed by atoms with Crippen LogP contribution in [0.4, 0.5) is 17.5 Å². The zero-order valence-corrected chi connectivity index (χ0v) is 12.7. The predicted molar refractivity (Wildman–Crippen MR) is 88.9 cm³/mol. The Labute approximate surface area is 128 Å². The minimum atomic E-state index is 0.442. The average Bonchev–Trinajstić information content (AvgIpc) is 2.90. The summed E-state index contributed by atoms with van der Waals surface area (Å²) in [4.78, 5) is 10.9. The molecule has 0 amide bonds. The number of hydrogen-bond donors (Lipinski definition) is 2. The maximum atomic E-state index is 5.94. The Bertz CT molecular complexity index is 766. The van der Waals surface area contributed by atoms with Crippen molar-refractivity contribution in [3.8, 4) is 0 Å². The Kier molecular flexibility index (Phi) is 3.78. The SMILES string of the molecule is CN(CCNc1nc(N)c2cnn(C)c2n1)c1ccccc1. The second kappa shape index (κ2) is 5.88. The van der Waals surface area contributed by atoms with E-state index in [-0.39, 0.29) is 0 Å². The molecule has 0 aliphatic heterocycles. The lowest BCUT2D eigenvalue weighted by molar-refractivity contribution is 0.785. The molecule has 22 heavy (non-hydrogen) atoms. The molecule has 0 aliphatic carbocycles. The second-order valence-corrected chi connectivity index (χ2v) is 5.12. The van der Waals surface area contributed by atoms with Gasteiger partial charge in [-0.25, -0.2) is 0 Å². The standard InChI is InChI=1S/C15H19N7/c1-21(11-6-4-3-5-7-11)9-8-17-15-19-13(16)12-10-18-22(2)14(12)20-15/h3-7,10H,8-9H2,1-2H3,(H3,16,17,19,20). The molecule has 1 aromatic carbocycles. The van der Waals surface area contributed by atoms with Crippen molar-refractivity contribution in [3.05, 3.63) is 36.5 Å². The van der Waals surface area contributed by atoms with Crippen LogP contribution in [0.25, 0.3) is 11.0 Å². The van der Waals surface area contributed by atoms with Crippen molar-refractivity contribution in [1.82, 2.24) is 19.7 Å². The summed E-state index contributed by atoms with van der Waals surface area (Å²) in [6.07, 6.45) is 1.68. The van der Waals surface area contributed by atoms with E-state index in [1.54, 1.807) is 10.9 Å². The summed E-state index contributed by atoms with van der Waals surface area (Å²) in [6, 6.07) is 10.2. The highest BCUT2D eigenvalue weighted by Gasteiger charge is 2.09. The maximum absolute atomic E-state index is 5.94. The van der Waals surface area contributed by atoms with Gasteiger partial charge in [0, 0.05) is 32.9 Å². The van der Waals surface area contributed by atoms with Crippen LogP contribution in [0.1, 0.15) is 0 Å². The minimum Gasteiger partial charge on any atom is -0.383 e. The van der Waals surface area contributed by atoms with Gasteiger partial charge in [-0.3, -0.25) is 4.68 Å². The highest BCUT2D eigenvalue weighted by Crippen LogP contribution is 2.18. The number of hydrogen-bond acceptors (Lipinski definition) is 6. The lowest BCUT2D eigenvalue weighted by Gasteiger charge is -2.19. The first-order chi connectivity index (χ1) is 10.6. The summed E-state index contributed by atoms with van der Waals surface area (Å²) in [5.74, 6) is 0.965. The van der Waals surface area contributed by atoms with Gasteiger partial charge < -0.3 is 16.0 Å².